The van der Waals surface area contributed by atoms with Crippen LogP contribution in [0, 0.1) is 13.8 Å². The van der Waals surface area contributed by atoms with Crippen LogP contribution in [0.5, 0.6) is 0 Å². The van der Waals surface area contributed by atoms with Gasteiger partial charge >= 0.3 is 0 Å². The van der Waals surface area contributed by atoms with E-state index in [-0.39, 0.29) is 0 Å². The Kier molecular flexibility index (Phi) is 4.59. The predicted molar refractivity (Wildman–Crippen MR) is 84.1 cm³/mol. The number of benzene rings is 1. The molecule has 102 valence electrons. The van der Waals surface area contributed by atoms with Gasteiger partial charge in [-0.3, -0.25) is 0 Å². The molecule has 1 heterocycles. The fraction of sp³-hybridized carbons (Fsp3) is 0.438. The van der Waals surface area contributed by atoms with E-state index in [0.29, 0.717) is 5.92 Å². The molecule has 0 aliphatic rings. The zero-order valence-electron chi connectivity index (χ0n) is 12.2. The molecule has 0 aliphatic carbocycles. The van der Waals surface area contributed by atoms with Crippen molar-refractivity contribution in [2.75, 3.05) is 5.32 Å². The molecule has 1 aromatic heterocycles. The summed E-state index contributed by atoms with van der Waals surface area (Å²) < 4.78 is 0. The normalized spacial score (nSPS) is 12.4. The summed E-state index contributed by atoms with van der Waals surface area (Å²) in [6.45, 7) is 9.49. The fourth-order valence-corrected chi connectivity index (χ4v) is 2.96. The minimum Gasteiger partial charge on any atom is -0.380 e. The van der Waals surface area contributed by atoms with Gasteiger partial charge in [-0.05, 0) is 43.9 Å². The number of aromatic nitrogens is 1. The van der Waals surface area contributed by atoms with Gasteiger partial charge in [0.1, 0.15) is 0 Å². The highest BCUT2D eigenvalue weighted by Crippen LogP contribution is 2.22. The van der Waals surface area contributed by atoms with Crippen LogP contribution in [-0.4, -0.2) is 4.98 Å². The van der Waals surface area contributed by atoms with Crippen LogP contribution in [0.15, 0.2) is 24.3 Å². The Labute approximate surface area is 119 Å². The van der Waals surface area contributed by atoms with Crippen molar-refractivity contribution in [1.29, 1.82) is 0 Å². The maximum Gasteiger partial charge on any atom is 0.0900 e. The number of thiazole rings is 1. The van der Waals surface area contributed by atoms with Crippen LogP contribution in [0.1, 0.15) is 47.3 Å². The number of rotatable bonds is 5. The van der Waals surface area contributed by atoms with Crippen LogP contribution in [0.3, 0.4) is 0 Å². The number of anilines is 1. The molecule has 2 rings (SSSR count). The number of hydrogen-bond acceptors (Lipinski definition) is 3. The van der Waals surface area contributed by atoms with Gasteiger partial charge in [0.15, 0.2) is 0 Å². The molecular weight excluding hydrogens is 252 g/mol. The molecule has 0 radical (unpaired) electrons. The summed E-state index contributed by atoms with van der Waals surface area (Å²) in [5, 5.41) is 4.61. The first kappa shape index (κ1) is 14.1. The maximum atomic E-state index is 4.45. The zero-order chi connectivity index (χ0) is 13.8. The minimum absolute atomic E-state index is 0.639. The molecule has 1 N–H and O–H groups in total. The van der Waals surface area contributed by atoms with Gasteiger partial charge in [-0.1, -0.05) is 26.0 Å². The summed E-state index contributed by atoms with van der Waals surface area (Å²) in [5.74, 6) is 0.639. The molecule has 19 heavy (non-hydrogen) atoms. The van der Waals surface area contributed by atoms with Crippen molar-refractivity contribution in [2.24, 2.45) is 0 Å². The lowest BCUT2D eigenvalue weighted by Crippen LogP contribution is -1.99. The fourth-order valence-electron chi connectivity index (χ4n) is 2.09. The first-order valence-electron chi connectivity index (χ1n) is 6.87. The van der Waals surface area contributed by atoms with Gasteiger partial charge in [-0.2, -0.15) is 0 Å². The SMILES string of the molecule is CCC(C)c1ccc(NCc2sc(C)nc2C)cc1. The quantitative estimate of drug-likeness (QED) is 0.840. The molecule has 0 spiro atoms. The van der Waals surface area contributed by atoms with E-state index in [1.807, 2.05) is 0 Å². The highest BCUT2D eigenvalue weighted by Gasteiger charge is 2.05. The summed E-state index contributed by atoms with van der Waals surface area (Å²) in [6.07, 6.45) is 1.19. The minimum atomic E-state index is 0.639. The van der Waals surface area contributed by atoms with E-state index < -0.39 is 0 Å². The third kappa shape index (κ3) is 3.57. The number of aryl methyl sites for hydroxylation is 2. The van der Waals surface area contributed by atoms with Crippen molar-refractivity contribution in [3.63, 3.8) is 0 Å². The predicted octanol–water partition coefficient (Wildman–Crippen LogP) is 4.89. The van der Waals surface area contributed by atoms with Crippen molar-refractivity contribution >= 4 is 17.0 Å². The molecule has 0 bridgehead atoms. The van der Waals surface area contributed by atoms with Gasteiger partial charge in [0.25, 0.3) is 0 Å². The molecule has 2 nitrogen and oxygen atoms in total. The van der Waals surface area contributed by atoms with E-state index in [2.05, 4.69) is 62.3 Å². The van der Waals surface area contributed by atoms with E-state index in [0.717, 1.165) is 17.2 Å². The topological polar surface area (TPSA) is 24.9 Å². The van der Waals surface area contributed by atoms with Crippen LogP contribution in [-0.2, 0) is 6.54 Å². The van der Waals surface area contributed by atoms with E-state index >= 15 is 0 Å². The van der Waals surface area contributed by atoms with Gasteiger partial charge in [0.2, 0.25) is 0 Å². The summed E-state index contributed by atoms with van der Waals surface area (Å²) in [7, 11) is 0. The van der Waals surface area contributed by atoms with Crippen LogP contribution >= 0.6 is 11.3 Å². The molecule has 3 heteroatoms. The number of hydrogen-bond donors (Lipinski definition) is 1. The molecule has 0 aliphatic heterocycles. The molecule has 0 saturated heterocycles. The summed E-state index contributed by atoms with van der Waals surface area (Å²) >= 11 is 1.77. The lowest BCUT2D eigenvalue weighted by molar-refractivity contribution is 0.734. The van der Waals surface area contributed by atoms with Crippen LogP contribution < -0.4 is 5.32 Å². The summed E-state index contributed by atoms with van der Waals surface area (Å²) in [6, 6.07) is 8.79. The largest absolute Gasteiger partial charge is 0.380 e. The Hall–Kier alpha value is -1.35. The number of nitrogens with zero attached hydrogens (tertiary/aromatic N) is 1. The van der Waals surface area contributed by atoms with E-state index in [1.54, 1.807) is 11.3 Å². The highest BCUT2D eigenvalue weighted by molar-refractivity contribution is 7.11. The Balaban J connectivity index is 1.98. The highest BCUT2D eigenvalue weighted by atomic mass is 32.1. The molecule has 2 aromatic rings. The van der Waals surface area contributed by atoms with Gasteiger partial charge in [-0.15, -0.1) is 11.3 Å². The van der Waals surface area contributed by atoms with Gasteiger partial charge < -0.3 is 5.32 Å². The van der Waals surface area contributed by atoms with Crippen LogP contribution in [0.4, 0.5) is 5.69 Å². The average molecular weight is 274 g/mol. The average Bonchev–Trinajstić information content (AvgIpc) is 2.74. The van der Waals surface area contributed by atoms with Crippen LogP contribution in [0.25, 0.3) is 0 Å². The zero-order valence-corrected chi connectivity index (χ0v) is 13.0. The standard InChI is InChI=1S/C16H22N2S/c1-5-11(2)14-6-8-15(9-7-14)17-10-16-12(3)18-13(4)19-16/h6-9,11,17H,5,10H2,1-4H3. The lowest BCUT2D eigenvalue weighted by Gasteiger charge is -2.10. The van der Waals surface area contributed by atoms with E-state index in [4.69, 9.17) is 0 Å². The van der Waals surface area contributed by atoms with E-state index in [1.165, 1.54) is 22.5 Å². The summed E-state index contributed by atoms with van der Waals surface area (Å²) in [4.78, 5) is 5.77. The second-order valence-corrected chi connectivity index (χ2v) is 6.31. The van der Waals surface area contributed by atoms with E-state index in [9.17, 15) is 0 Å². The monoisotopic (exact) mass is 274 g/mol. The Morgan fingerprint density at radius 3 is 2.42 bits per heavy atom. The second kappa shape index (κ2) is 6.20. The Morgan fingerprint density at radius 2 is 1.89 bits per heavy atom. The Morgan fingerprint density at radius 1 is 1.21 bits per heavy atom. The first-order valence-corrected chi connectivity index (χ1v) is 7.68. The van der Waals surface area contributed by atoms with Gasteiger partial charge in [0.05, 0.1) is 17.2 Å². The van der Waals surface area contributed by atoms with Crippen molar-refractivity contribution in [2.45, 2.75) is 46.6 Å². The third-order valence-electron chi connectivity index (χ3n) is 3.54. The second-order valence-electron chi connectivity index (χ2n) is 5.03. The first-order chi connectivity index (χ1) is 9.10. The van der Waals surface area contributed by atoms with Crippen LogP contribution in [0.2, 0.25) is 0 Å². The molecule has 0 amide bonds. The molecule has 1 aromatic carbocycles. The van der Waals surface area contributed by atoms with Gasteiger partial charge in [0, 0.05) is 10.6 Å². The number of nitrogens with one attached hydrogen (secondary N) is 1. The van der Waals surface area contributed by atoms with Crippen molar-refractivity contribution in [3.05, 3.63) is 45.4 Å². The van der Waals surface area contributed by atoms with Crippen molar-refractivity contribution in [1.82, 2.24) is 4.98 Å². The molecule has 1 atom stereocenters. The third-order valence-corrected chi connectivity index (χ3v) is 4.62. The van der Waals surface area contributed by atoms with Crippen molar-refractivity contribution in [3.8, 4) is 0 Å². The lowest BCUT2D eigenvalue weighted by atomic mass is 9.99. The molecular formula is C16H22N2S. The maximum absolute atomic E-state index is 4.45. The molecule has 0 saturated carbocycles. The van der Waals surface area contributed by atoms with Gasteiger partial charge in [-0.25, -0.2) is 4.98 Å². The summed E-state index contributed by atoms with van der Waals surface area (Å²) in [5.41, 5.74) is 3.74. The Bertz CT molecular complexity index is 528. The molecule has 0 fully saturated rings. The van der Waals surface area contributed by atoms with Crippen molar-refractivity contribution < 1.29 is 0 Å². The molecule has 1 unspecified atom stereocenters. The smallest absolute Gasteiger partial charge is 0.0900 e.